The van der Waals surface area contributed by atoms with Crippen LogP contribution in [0.5, 0.6) is 0 Å². The molecule has 0 aromatic rings. The molecule has 0 bridgehead atoms. The summed E-state index contributed by atoms with van der Waals surface area (Å²) < 4.78 is 23.1. The third-order valence-corrected chi connectivity index (χ3v) is 6.60. The monoisotopic (exact) mass is 316 g/mol. The van der Waals surface area contributed by atoms with Crippen LogP contribution in [-0.4, -0.2) is 45.0 Å². The molecule has 1 heterocycles. The van der Waals surface area contributed by atoms with Crippen molar-refractivity contribution < 1.29 is 13.2 Å². The number of carbonyl (C=O) groups excluding carboxylic acids is 1. The fourth-order valence-corrected chi connectivity index (χ4v) is 4.84. The van der Waals surface area contributed by atoms with E-state index in [0.717, 1.165) is 12.5 Å². The summed E-state index contributed by atoms with van der Waals surface area (Å²) in [6.45, 7) is 3.45. The van der Waals surface area contributed by atoms with E-state index in [1.807, 2.05) is 0 Å². The molecule has 122 valence electrons. The molecule has 1 amide bonds. The average Bonchev–Trinajstić information content (AvgIpc) is 2.44. The van der Waals surface area contributed by atoms with Crippen molar-refractivity contribution in [3.63, 3.8) is 0 Å². The van der Waals surface area contributed by atoms with E-state index in [9.17, 15) is 13.2 Å². The Balaban J connectivity index is 1.66. The van der Waals surface area contributed by atoms with Gasteiger partial charge in [0.25, 0.3) is 0 Å². The number of nitrogens with one attached hydrogen (secondary N) is 2. The van der Waals surface area contributed by atoms with Crippen LogP contribution in [-0.2, 0) is 14.6 Å². The number of hydrogen-bond acceptors (Lipinski definition) is 4. The number of hydrogen-bond donors (Lipinski definition) is 2. The van der Waals surface area contributed by atoms with E-state index >= 15 is 0 Å². The minimum atomic E-state index is -2.96. The van der Waals surface area contributed by atoms with Crippen molar-refractivity contribution in [1.29, 1.82) is 0 Å². The van der Waals surface area contributed by atoms with Gasteiger partial charge in [0.05, 0.1) is 11.5 Å². The highest BCUT2D eigenvalue weighted by Gasteiger charge is 2.26. The third-order valence-electron chi connectivity index (χ3n) is 4.86. The van der Waals surface area contributed by atoms with Crippen LogP contribution >= 0.6 is 0 Å². The Morgan fingerprint density at radius 1 is 1.19 bits per heavy atom. The lowest BCUT2D eigenvalue weighted by molar-refractivity contribution is -0.121. The summed E-state index contributed by atoms with van der Waals surface area (Å²) in [6.07, 6.45) is 6.49. The fraction of sp³-hybridized carbons (Fsp3) is 0.933. The summed E-state index contributed by atoms with van der Waals surface area (Å²) in [5, 5.41) is 6.10. The molecule has 1 saturated heterocycles. The highest BCUT2D eigenvalue weighted by atomic mass is 32.2. The van der Waals surface area contributed by atoms with Gasteiger partial charge < -0.3 is 10.6 Å². The lowest BCUT2D eigenvalue weighted by Crippen LogP contribution is -2.47. The van der Waals surface area contributed by atoms with Gasteiger partial charge in [-0.3, -0.25) is 4.79 Å². The minimum Gasteiger partial charge on any atom is -0.356 e. The van der Waals surface area contributed by atoms with Crippen molar-refractivity contribution >= 4 is 15.7 Å². The molecule has 1 saturated carbocycles. The maximum Gasteiger partial charge on any atom is 0.221 e. The van der Waals surface area contributed by atoms with Crippen LogP contribution in [0, 0.1) is 11.8 Å². The first-order valence-electron chi connectivity index (χ1n) is 8.19. The molecular formula is C15H28N2O3S. The predicted molar refractivity (Wildman–Crippen MR) is 83.8 cm³/mol. The summed E-state index contributed by atoms with van der Waals surface area (Å²) in [6, 6.07) is -0.223. The van der Waals surface area contributed by atoms with Crippen LogP contribution in [0.2, 0.25) is 0 Å². The molecule has 21 heavy (non-hydrogen) atoms. The molecule has 0 radical (unpaired) electrons. The zero-order valence-electron chi connectivity index (χ0n) is 12.9. The fourth-order valence-electron chi connectivity index (χ4n) is 3.40. The second-order valence-electron chi connectivity index (χ2n) is 6.57. The number of amides is 1. The van der Waals surface area contributed by atoms with E-state index in [1.165, 1.54) is 32.1 Å². The van der Waals surface area contributed by atoms with E-state index in [1.54, 1.807) is 0 Å². The van der Waals surface area contributed by atoms with Crippen LogP contribution < -0.4 is 10.6 Å². The molecule has 1 atom stereocenters. The largest absolute Gasteiger partial charge is 0.356 e. The van der Waals surface area contributed by atoms with Crippen LogP contribution in [0.1, 0.15) is 45.4 Å². The molecule has 6 heteroatoms. The lowest BCUT2D eigenvalue weighted by atomic mass is 9.81. The molecule has 0 aromatic carbocycles. The Morgan fingerprint density at radius 2 is 1.86 bits per heavy atom. The predicted octanol–water partition coefficient (Wildman–Crippen LogP) is 1.10. The van der Waals surface area contributed by atoms with Gasteiger partial charge in [-0.2, -0.15) is 0 Å². The molecule has 5 nitrogen and oxygen atoms in total. The van der Waals surface area contributed by atoms with Crippen molar-refractivity contribution in [3.8, 4) is 0 Å². The van der Waals surface area contributed by atoms with Crippen molar-refractivity contribution in [3.05, 3.63) is 0 Å². The molecule has 2 rings (SSSR count). The molecule has 1 aliphatic heterocycles. The average molecular weight is 316 g/mol. The normalized spacial score (nSPS) is 32.5. The first-order valence-corrected chi connectivity index (χ1v) is 10.0. The standard InChI is InChI=1S/C15H28N2O3S/c1-2-12-3-5-13(6-4-12)10-17-15(18)9-14-11-21(19,20)8-7-16-14/h12-14,16H,2-11H2,1H3,(H,17,18). The highest BCUT2D eigenvalue weighted by molar-refractivity contribution is 7.91. The topological polar surface area (TPSA) is 75.3 Å². The molecule has 0 aromatic heterocycles. The first-order chi connectivity index (χ1) is 9.98. The van der Waals surface area contributed by atoms with E-state index in [4.69, 9.17) is 0 Å². The van der Waals surface area contributed by atoms with Crippen molar-refractivity contribution in [2.45, 2.75) is 51.5 Å². The lowest BCUT2D eigenvalue weighted by Gasteiger charge is -2.28. The van der Waals surface area contributed by atoms with E-state index in [-0.39, 0.29) is 29.9 Å². The van der Waals surface area contributed by atoms with Gasteiger partial charge in [-0.05, 0) is 24.7 Å². The van der Waals surface area contributed by atoms with E-state index in [0.29, 0.717) is 12.5 Å². The van der Waals surface area contributed by atoms with E-state index < -0.39 is 9.84 Å². The summed E-state index contributed by atoms with van der Waals surface area (Å²) >= 11 is 0. The first kappa shape index (κ1) is 16.7. The van der Waals surface area contributed by atoms with Gasteiger partial charge in [0.2, 0.25) is 5.91 Å². The molecule has 2 N–H and O–H groups in total. The second kappa shape index (κ2) is 7.58. The number of rotatable bonds is 5. The molecule has 1 unspecified atom stereocenters. The molecule has 1 aliphatic carbocycles. The second-order valence-corrected chi connectivity index (χ2v) is 8.80. The van der Waals surface area contributed by atoms with Crippen molar-refractivity contribution in [2.75, 3.05) is 24.6 Å². The Kier molecular flexibility index (Phi) is 6.05. The molecule has 0 spiro atoms. The summed E-state index contributed by atoms with van der Waals surface area (Å²) in [5.41, 5.74) is 0. The van der Waals surface area contributed by atoms with Crippen LogP contribution in [0.3, 0.4) is 0 Å². The third kappa shape index (κ3) is 5.58. The number of carbonyl (C=O) groups is 1. The zero-order valence-corrected chi connectivity index (χ0v) is 13.8. The SMILES string of the molecule is CCC1CCC(CNC(=O)CC2CS(=O)(=O)CCN2)CC1. The maximum atomic E-state index is 11.9. The van der Waals surface area contributed by atoms with Gasteiger partial charge in [0.15, 0.2) is 9.84 Å². The van der Waals surface area contributed by atoms with Crippen LogP contribution in [0.15, 0.2) is 0 Å². The Labute approximate surface area is 128 Å². The molecule has 2 fully saturated rings. The zero-order chi connectivity index (χ0) is 15.3. The minimum absolute atomic E-state index is 0.0257. The van der Waals surface area contributed by atoms with Gasteiger partial charge >= 0.3 is 0 Å². The van der Waals surface area contributed by atoms with Gasteiger partial charge in [0.1, 0.15) is 0 Å². The highest BCUT2D eigenvalue weighted by Crippen LogP contribution is 2.30. The Bertz CT molecular complexity index is 442. The maximum absolute atomic E-state index is 11.9. The van der Waals surface area contributed by atoms with Crippen LogP contribution in [0.25, 0.3) is 0 Å². The van der Waals surface area contributed by atoms with Gasteiger partial charge in [-0.15, -0.1) is 0 Å². The molecule has 2 aliphatic rings. The quantitative estimate of drug-likeness (QED) is 0.796. The summed E-state index contributed by atoms with van der Waals surface area (Å²) in [7, 11) is -2.96. The van der Waals surface area contributed by atoms with Crippen LogP contribution in [0.4, 0.5) is 0 Å². The summed E-state index contributed by atoms with van der Waals surface area (Å²) in [5.74, 6) is 1.71. The van der Waals surface area contributed by atoms with Gasteiger partial charge in [-0.1, -0.05) is 26.2 Å². The molecular weight excluding hydrogens is 288 g/mol. The summed E-state index contributed by atoms with van der Waals surface area (Å²) in [4.78, 5) is 11.9. The van der Waals surface area contributed by atoms with Gasteiger partial charge in [-0.25, -0.2) is 8.42 Å². The Hall–Kier alpha value is -0.620. The number of sulfone groups is 1. The smallest absolute Gasteiger partial charge is 0.221 e. The van der Waals surface area contributed by atoms with Gasteiger partial charge in [0, 0.05) is 25.6 Å². The van der Waals surface area contributed by atoms with Crippen molar-refractivity contribution in [2.24, 2.45) is 11.8 Å². The Morgan fingerprint density at radius 3 is 2.48 bits per heavy atom. The van der Waals surface area contributed by atoms with E-state index in [2.05, 4.69) is 17.6 Å². The van der Waals surface area contributed by atoms with Crippen molar-refractivity contribution in [1.82, 2.24) is 10.6 Å².